The Morgan fingerprint density at radius 3 is 2.37 bits per heavy atom. The lowest BCUT2D eigenvalue weighted by Crippen LogP contribution is -2.37. The Bertz CT molecular complexity index is 1020. The first-order chi connectivity index (χ1) is 14.3. The van der Waals surface area contributed by atoms with E-state index in [0.29, 0.717) is 36.2 Å². The van der Waals surface area contributed by atoms with Crippen molar-refractivity contribution >= 4 is 27.9 Å². The van der Waals surface area contributed by atoms with E-state index in [1.54, 1.807) is 53.0 Å². The van der Waals surface area contributed by atoms with Gasteiger partial charge < -0.3 is 9.47 Å². The summed E-state index contributed by atoms with van der Waals surface area (Å²) in [6, 6.07) is 11.6. The third kappa shape index (κ3) is 5.25. The summed E-state index contributed by atoms with van der Waals surface area (Å²) in [7, 11) is -1.98. The van der Waals surface area contributed by atoms with Crippen molar-refractivity contribution in [1.82, 2.24) is 4.31 Å². The number of piperidine rings is 1. The highest BCUT2D eigenvalue weighted by atomic mass is 32.2. The molecule has 2 aromatic rings. The van der Waals surface area contributed by atoms with Crippen LogP contribution in [0.15, 0.2) is 52.4 Å². The molecule has 8 heteroatoms. The number of benzene rings is 2. The molecule has 30 heavy (non-hydrogen) atoms. The van der Waals surface area contributed by atoms with Gasteiger partial charge in [-0.2, -0.15) is 4.31 Å². The number of hydrogen-bond donors (Lipinski definition) is 0. The fourth-order valence-electron chi connectivity index (χ4n) is 3.23. The minimum atomic E-state index is -3.47. The van der Waals surface area contributed by atoms with Crippen molar-refractivity contribution in [2.45, 2.75) is 31.6 Å². The largest absolute Gasteiger partial charge is 0.493 e. The van der Waals surface area contributed by atoms with Crippen molar-refractivity contribution in [1.29, 1.82) is 0 Å². The van der Waals surface area contributed by atoms with Crippen LogP contribution in [0, 0.1) is 5.92 Å². The first-order valence-corrected chi connectivity index (χ1v) is 11.2. The number of rotatable bonds is 6. The lowest BCUT2D eigenvalue weighted by molar-refractivity contribution is -0.132. The van der Waals surface area contributed by atoms with Gasteiger partial charge in [-0.05, 0) is 66.8 Å². The van der Waals surface area contributed by atoms with Gasteiger partial charge in [-0.15, -0.1) is 0 Å². The average Bonchev–Trinajstić information content (AvgIpc) is 2.73. The van der Waals surface area contributed by atoms with Gasteiger partial charge in [0.1, 0.15) is 0 Å². The topological polar surface area (TPSA) is 85.3 Å². The van der Waals surface area contributed by atoms with Crippen molar-refractivity contribution in [2.24, 2.45) is 10.9 Å². The molecule has 7 nitrogen and oxygen atoms in total. The van der Waals surface area contributed by atoms with Crippen molar-refractivity contribution in [2.75, 3.05) is 20.2 Å². The third-order valence-electron chi connectivity index (χ3n) is 5.02. The van der Waals surface area contributed by atoms with Gasteiger partial charge in [0.2, 0.25) is 10.0 Å². The number of esters is 1. The SMILES string of the molecule is COc1cc(C=Nc2ccc(S(=O)(=O)N3CCC(C)CC3)cc2)ccc1OC(C)=O. The summed E-state index contributed by atoms with van der Waals surface area (Å²) in [4.78, 5) is 15.8. The fourth-order valence-corrected chi connectivity index (χ4v) is 4.70. The summed E-state index contributed by atoms with van der Waals surface area (Å²) >= 11 is 0. The van der Waals surface area contributed by atoms with Crippen molar-refractivity contribution in [3.05, 3.63) is 48.0 Å². The minimum Gasteiger partial charge on any atom is -0.493 e. The first-order valence-electron chi connectivity index (χ1n) is 9.80. The lowest BCUT2D eigenvalue weighted by atomic mass is 10.0. The first kappa shape index (κ1) is 22.0. The zero-order chi connectivity index (χ0) is 21.7. The quantitative estimate of drug-likeness (QED) is 0.395. The van der Waals surface area contributed by atoms with E-state index in [9.17, 15) is 13.2 Å². The summed E-state index contributed by atoms with van der Waals surface area (Å²) in [6.45, 7) is 4.60. The lowest BCUT2D eigenvalue weighted by Gasteiger charge is -2.29. The highest BCUT2D eigenvalue weighted by Crippen LogP contribution is 2.28. The zero-order valence-electron chi connectivity index (χ0n) is 17.4. The maximum Gasteiger partial charge on any atom is 0.308 e. The molecule has 0 saturated carbocycles. The Hall–Kier alpha value is -2.71. The second kappa shape index (κ2) is 9.40. The molecule has 0 aliphatic carbocycles. The summed E-state index contributed by atoms with van der Waals surface area (Å²) in [5, 5.41) is 0. The number of ether oxygens (including phenoxy) is 2. The predicted octanol–water partition coefficient (Wildman–Crippen LogP) is 3.79. The Morgan fingerprint density at radius 2 is 1.77 bits per heavy atom. The summed E-state index contributed by atoms with van der Waals surface area (Å²) in [5.41, 5.74) is 1.38. The van der Waals surface area contributed by atoms with Crippen LogP contribution in [0.2, 0.25) is 0 Å². The molecule has 160 valence electrons. The molecule has 0 amide bonds. The summed E-state index contributed by atoms with van der Waals surface area (Å²) in [5.74, 6) is 0.897. The molecule has 0 atom stereocenters. The summed E-state index contributed by atoms with van der Waals surface area (Å²) < 4.78 is 37.5. The Morgan fingerprint density at radius 1 is 1.10 bits per heavy atom. The van der Waals surface area contributed by atoms with Gasteiger partial charge in [0.15, 0.2) is 11.5 Å². The minimum absolute atomic E-state index is 0.281. The summed E-state index contributed by atoms with van der Waals surface area (Å²) in [6.07, 6.45) is 3.41. The van der Waals surface area contributed by atoms with Gasteiger partial charge in [-0.1, -0.05) is 6.92 Å². The predicted molar refractivity (Wildman–Crippen MR) is 115 cm³/mol. The normalized spacial score (nSPS) is 16.0. The number of methoxy groups -OCH3 is 1. The van der Waals surface area contributed by atoms with Crippen molar-refractivity contribution in [3.8, 4) is 11.5 Å². The van der Waals surface area contributed by atoms with Gasteiger partial charge in [0.25, 0.3) is 0 Å². The van der Waals surface area contributed by atoms with E-state index in [1.165, 1.54) is 14.0 Å². The molecule has 2 aromatic carbocycles. The molecule has 0 spiro atoms. The van der Waals surface area contributed by atoms with Crippen LogP contribution in [0.4, 0.5) is 5.69 Å². The van der Waals surface area contributed by atoms with Gasteiger partial charge in [0, 0.05) is 26.2 Å². The molecule has 3 rings (SSSR count). The van der Waals surface area contributed by atoms with Crippen molar-refractivity contribution < 1.29 is 22.7 Å². The van der Waals surface area contributed by atoms with Crippen LogP contribution < -0.4 is 9.47 Å². The van der Waals surface area contributed by atoms with E-state index in [2.05, 4.69) is 11.9 Å². The van der Waals surface area contributed by atoms with E-state index in [-0.39, 0.29) is 4.90 Å². The van der Waals surface area contributed by atoms with Gasteiger partial charge in [-0.25, -0.2) is 8.42 Å². The number of carbonyl (C=O) groups excluding carboxylic acids is 1. The van der Waals surface area contributed by atoms with Crippen LogP contribution in [-0.4, -0.2) is 45.1 Å². The maximum absolute atomic E-state index is 12.8. The van der Waals surface area contributed by atoms with E-state index < -0.39 is 16.0 Å². The second-order valence-electron chi connectivity index (χ2n) is 7.34. The highest BCUT2D eigenvalue weighted by Gasteiger charge is 2.27. The van der Waals surface area contributed by atoms with Crippen LogP contribution in [0.25, 0.3) is 0 Å². The molecule has 0 bridgehead atoms. The van der Waals surface area contributed by atoms with Gasteiger partial charge in [-0.3, -0.25) is 9.79 Å². The Kier molecular flexibility index (Phi) is 6.89. The third-order valence-corrected chi connectivity index (χ3v) is 6.93. The number of nitrogens with zero attached hydrogens (tertiary/aromatic N) is 2. The molecule has 1 aliphatic rings. The molecular formula is C22H26N2O5S. The number of aliphatic imine (C=N–C) groups is 1. The van der Waals surface area contributed by atoms with Gasteiger partial charge >= 0.3 is 5.97 Å². The van der Waals surface area contributed by atoms with Crippen LogP contribution in [-0.2, 0) is 14.8 Å². The van der Waals surface area contributed by atoms with Crippen LogP contribution in [0.3, 0.4) is 0 Å². The van der Waals surface area contributed by atoms with E-state index in [0.717, 1.165) is 18.4 Å². The Balaban J connectivity index is 1.72. The van der Waals surface area contributed by atoms with Gasteiger partial charge in [0.05, 0.1) is 17.7 Å². The molecule has 0 unspecified atom stereocenters. The molecule has 1 aliphatic heterocycles. The van der Waals surface area contributed by atoms with E-state index in [4.69, 9.17) is 9.47 Å². The Labute approximate surface area is 177 Å². The number of hydrogen-bond acceptors (Lipinski definition) is 6. The average molecular weight is 431 g/mol. The standard InChI is InChI=1S/C22H26N2O5S/c1-16-10-12-24(13-11-16)30(26,27)20-7-5-19(6-8-20)23-15-18-4-9-21(29-17(2)25)22(14-18)28-3/h4-9,14-16H,10-13H2,1-3H3. The second-order valence-corrected chi connectivity index (χ2v) is 9.28. The molecule has 1 saturated heterocycles. The van der Waals surface area contributed by atoms with E-state index in [1.807, 2.05) is 0 Å². The highest BCUT2D eigenvalue weighted by molar-refractivity contribution is 7.89. The molecular weight excluding hydrogens is 404 g/mol. The van der Waals surface area contributed by atoms with Crippen molar-refractivity contribution in [3.63, 3.8) is 0 Å². The van der Waals surface area contributed by atoms with Crippen LogP contribution >= 0.6 is 0 Å². The zero-order valence-corrected chi connectivity index (χ0v) is 18.2. The number of carbonyl (C=O) groups is 1. The molecule has 0 N–H and O–H groups in total. The fraction of sp³-hybridized carbons (Fsp3) is 0.364. The molecule has 0 radical (unpaired) electrons. The van der Waals surface area contributed by atoms with E-state index >= 15 is 0 Å². The van der Waals surface area contributed by atoms with Crippen LogP contribution in [0.1, 0.15) is 32.3 Å². The van der Waals surface area contributed by atoms with Crippen LogP contribution in [0.5, 0.6) is 11.5 Å². The number of sulfonamides is 1. The monoisotopic (exact) mass is 430 g/mol. The molecule has 1 heterocycles. The maximum atomic E-state index is 12.8. The molecule has 0 aromatic heterocycles. The molecule has 1 fully saturated rings. The smallest absolute Gasteiger partial charge is 0.308 e.